The SMILES string of the molecule is Cc1cc(Br)ccc1CN[C@@H](C)CN. The second-order valence-corrected chi connectivity index (χ2v) is 4.50. The number of benzene rings is 1. The van der Waals surface area contributed by atoms with Crippen molar-refractivity contribution in [3.63, 3.8) is 0 Å². The third-order valence-corrected chi connectivity index (χ3v) is 2.79. The molecule has 1 aromatic rings. The summed E-state index contributed by atoms with van der Waals surface area (Å²) in [6, 6.07) is 6.70. The Morgan fingerprint density at radius 3 is 2.79 bits per heavy atom. The summed E-state index contributed by atoms with van der Waals surface area (Å²) in [5.74, 6) is 0. The minimum Gasteiger partial charge on any atom is -0.329 e. The van der Waals surface area contributed by atoms with Gasteiger partial charge in [-0.15, -0.1) is 0 Å². The number of hydrogen-bond acceptors (Lipinski definition) is 2. The molecule has 0 aliphatic heterocycles. The van der Waals surface area contributed by atoms with Gasteiger partial charge in [-0.1, -0.05) is 22.0 Å². The van der Waals surface area contributed by atoms with E-state index in [1.807, 2.05) is 0 Å². The molecule has 0 radical (unpaired) electrons. The van der Waals surface area contributed by atoms with E-state index in [1.165, 1.54) is 11.1 Å². The van der Waals surface area contributed by atoms with Crippen molar-refractivity contribution in [1.29, 1.82) is 0 Å². The zero-order valence-electron chi connectivity index (χ0n) is 8.68. The van der Waals surface area contributed by atoms with E-state index in [1.54, 1.807) is 0 Å². The van der Waals surface area contributed by atoms with Gasteiger partial charge >= 0.3 is 0 Å². The number of rotatable bonds is 4. The maximum atomic E-state index is 5.53. The molecule has 14 heavy (non-hydrogen) atoms. The molecule has 0 unspecified atom stereocenters. The maximum absolute atomic E-state index is 5.53. The van der Waals surface area contributed by atoms with Gasteiger partial charge in [0.1, 0.15) is 0 Å². The van der Waals surface area contributed by atoms with Gasteiger partial charge in [0, 0.05) is 23.6 Å². The highest BCUT2D eigenvalue weighted by Crippen LogP contribution is 2.15. The summed E-state index contributed by atoms with van der Waals surface area (Å²) in [6.07, 6.45) is 0. The fourth-order valence-electron chi connectivity index (χ4n) is 1.23. The van der Waals surface area contributed by atoms with Gasteiger partial charge in [-0.25, -0.2) is 0 Å². The van der Waals surface area contributed by atoms with Gasteiger partial charge in [-0.05, 0) is 37.1 Å². The lowest BCUT2D eigenvalue weighted by Gasteiger charge is -2.12. The fraction of sp³-hybridized carbons (Fsp3) is 0.455. The molecular weight excluding hydrogens is 240 g/mol. The average Bonchev–Trinajstić information content (AvgIpc) is 2.16. The number of halogens is 1. The topological polar surface area (TPSA) is 38.0 Å². The van der Waals surface area contributed by atoms with E-state index >= 15 is 0 Å². The van der Waals surface area contributed by atoms with Crippen LogP contribution in [0.4, 0.5) is 0 Å². The van der Waals surface area contributed by atoms with E-state index in [-0.39, 0.29) is 0 Å². The van der Waals surface area contributed by atoms with E-state index < -0.39 is 0 Å². The Balaban J connectivity index is 2.59. The Morgan fingerprint density at radius 1 is 1.50 bits per heavy atom. The predicted octanol–water partition coefficient (Wildman–Crippen LogP) is 2.19. The summed E-state index contributed by atoms with van der Waals surface area (Å²) in [4.78, 5) is 0. The Hall–Kier alpha value is -0.380. The highest BCUT2D eigenvalue weighted by molar-refractivity contribution is 9.10. The molecule has 1 rings (SSSR count). The van der Waals surface area contributed by atoms with Crippen LogP contribution in [0.1, 0.15) is 18.1 Å². The molecule has 3 heteroatoms. The lowest BCUT2D eigenvalue weighted by atomic mass is 10.1. The average molecular weight is 257 g/mol. The smallest absolute Gasteiger partial charge is 0.0211 e. The summed E-state index contributed by atoms with van der Waals surface area (Å²) in [7, 11) is 0. The largest absolute Gasteiger partial charge is 0.329 e. The molecule has 0 spiro atoms. The third-order valence-electron chi connectivity index (χ3n) is 2.30. The van der Waals surface area contributed by atoms with Crippen molar-refractivity contribution in [2.75, 3.05) is 6.54 Å². The molecule has 2 nitrogen and oxygen atoms in total. The van der Waals surface area contributed by atoms with Gasteiger partial charge in [0.05, 0.1) is 0 Å². The summed E-state index contributed by atoms with van der Waals surface area (Å²) in [6.45, 7) is 5.77. The molecule has 0 heterocycles. The normalized spacial score (nSPS) is 12.9. The first-order valence-corrected chi connectivity index (χ1v) is 5.61. The third kappa shape index (κ3) is 3.40. The molecule has 0 aliphatic rings. The van der Waals surface area contributed by atoms with E-state index in [0.717, 1.165) is 11.0 Å². The first-order valence-electron chi connectivity index (χ1n) is 4.82. The minimum atomic E-state index is 0.373. The lowest BCUT2D eigenvalue weighted by molar-refractivity contribution is 0.555. The van der Waals surface area contributed by atoms with Crippen LogP contribution in [-0.4, -0.2) is 12.6 Å². The molecule has 0 amide bonds. The van der Waals surface area contributed by atoms with Crippen molar-refractivity contribution in [3.8, 4) is 0 Å². The standard InChI is InChI=1S/C11H17BrN2/c1-8-5-11(12)4-3-10(8)7-14-9(2)6-13/h3-5,9,14H,6-7,13H2,1-2H3/t9-/m0/s1. The molecule has 78 valence electrons. The van der Waals surface area contributed by atoms with Crippen LogP contribution >= 0.6 is 15.9 Å². The van der Waals surface area contributed by atoms with Crippen molar-refractivity contribution in [2.24, 2.45) is 5.73 Å². The predicted molar refractivity (Wildman–Crippen MR) is 64.2 cm³/mol. The Bertz CT molecular complexity index is 299. The van der Waals surface area contributed by atoms with Crippen LogP contribution in [0.5, 0.6) is 0 Å². The van der Waals surface area contributed by atoms with E-state index in [2.05, 4.69) is 53.3 Å². The van der Waals surface area contributed by atoms with Gasteiger partial charge in [-0.2, -0.15) is 0 Å². The molecule has 0 aromatic heterocycles. The highest BCUT2D eigenvalue weighted by atomic mass is 79.9. The monoisotopic (exact) mass is 256 g/mol. The Kier molecular flexibility index (Phi) is 4.58. The Morgan fingerprint density at radius 2 is 2.21 bits per heavy atom. The van der Waals surface area contributed by atoms with Crippen molar-refractivity contribution < 1.29 is 0 Å². The molecule has 1 aromatic carbocycles. The van der Waals surface area contributed by atoms with Crippen LogP contribution in [0.2, 0.25) is 0 Å². The molecular formula is C11H17BrN2. The van der Waals surface area contributed by atoms with Gasteiger partial charge in [0.15, 0.2) is 0 Å². The lowest BCUT2D eigenvalue weighted by Crippen LogP contribution is -2.32. The number of nitrogens with one attached hydrogen (secondary N) is 1. The molecule has 1 atom stereocenters. The quantitative estimate of drug-likeness (QED) is 0.867. The molecule has 0 saturated carbocycles. The number of nitrogens with two attached hydrogens (primary N) is 1. The minimum absolute atomic E-state index is 0.373. The molecule has 0 bridgehead atoms. The second-order valence-electron chi connectivity index (χ2n) is 3.59. The summed E-state index contributed by atoms with van der Waals surface area (Å²) in [5.41, 5.74) is 8.16. The van der Waals surface area contributed by atoms with E-state index in [9.17, 15) is 0 Å². The number of hydrogen-bond donors (Lipinski definition) is 2. The van der Waals surface area contributed by atoms with Gasteiger partial charge in [0.25, 0.3) is 0 Å². The highest BCUT2D eigenvalue weighted by Gasteiger charge is 2.01. The first-order chi connectivity index (χ1) is 6.63. The molecule has 0 saturated heterocycles. The van der Waals surface area contributed by atoms with Gasteiger partial charge in [0.2, 0.25) is 0 Å². The van der Waals surface area contributed by atoms with Crippen LogP contribution in [0.15, 0.2) is 22.7 Å². The Labute approximate surface area is 94.0 Å². The molecule has 0 aliphatic carbocycles. The summed E-state index contributed by atoms with van der Waals surface area (Å²) < 4.78 is 1.13. The zero-order valence-corrected chi connectivity index (χ0v) is 10.3. The van der Waals surface area contributed by atoms with Crippen molar-refractivity contribution >= 4 is 15.9 Å². The second kappa shape index (κ2) is 5.49. The van der Waals surface area contributed by atoms with Crippen LogP contribution in [0.3, 0.4) is 0 Å². The maximum Gasteiger partial charge on any atom is 0.0211 e. The van der Waals surface area contributed by atoms with E-state index in [4.69, 9.17) is 5.73 Å². The molecule has 3 N–H and O–H groups in total. The van der Waals surface area contributed by atoms with Crippen molar-refractivity contribution in [1.82, 2.24) is 5.32 Å². The fourth-order valence-corrected chi connectivity index (χ4v) is 1.70. The first kappa shape index (κ1) is 11.7. The van der Waals surface area contributed by atoms with Crippen molar-refractivity contribution in [2.45, 2.75) is 26.4 Å². The van der Waals surface area contributed by atoms with E-state index in [0.29, 0.717) is 12.6 Å². The van der Waals surface area contributed by atoms with Gasteiger partial charge < -0.3 is 11.1 Å². The number of aryl methyl sites for hydroxylation is 1. The zero-order chi connectivity index (χ0) is 10.6. The van der Waals surface area contributed by atoms with Crippen LogP contribution in [0.25, 0.3) is 0 Å². The molecule has 0 fully saturated rings. The van der Waals surface area contributed by atoms with Crippen LogP contribution < -0.4 is 11.1 Å². The van der Waals surface area contributed by atoms with Crippen LogP contribution in [-0.2, 0) is 6.54 Å². The summed E-state index contributed by atoms with van der Waals surface area (Å²) >= 11 is 3.45. The van der Waals surface area contributed by atoms with Crippen LogP contribution in [0, 0.1) is 6.92 Å². The van der Waals surface area contributed by atoms with Crippen molar-refractivity contribution in [3.05, 3.63) is 33.8 Å². The summed E-state index contributed by atoms with van der Waals surface area (Å²) in [5, 5.41) is 3.37. The van der Waals surface area contributed by atoms with Gasteiger partial charge in [-0.3, -0.25) is 0 Å².